The Bertz CT molecular complexity index is 495. The number of hydrogen-bond donors (Lipinski definition) is 1. The van der Waals surface area contributed by atoms with Gasteiger partial charge in [-0.2, -0.15) is 0 Å². The van der Waals surface area contributed by atoms with Crippen molar-refractivity contribution in [1.82, 2.24) is 4.90 Å². The number of nitrogens with zero attached hydrogens (tertiary/aromatic N) is 3. The highest BCUT2D eigenvalue weighted by molar-refractivity contribution is 5.73. The number of aliphatic imine (C=N–C) groups is 1. The molecule has 2 N–H and O–H groups in total. The highest BCUT2D eigenvalue weighted by Gasteiger charge is 2.23. The second-order valence-electron chi connectivity index (χ2n) is 5.42. The summed E-state index contributed by atoms with van der Waals surface area (Å²) in [6, 6.07) is 8.77. The lowest BCUT2D eigenvalue weighted by molar-refractivity contribution is 0.219. The predicted molar refractivity (Wildman–Crippen MR) is 83.0 cm³/mol. The summed E-state index contributed by atoms with van der Waals surface area (Å²) in [6.07, 6.45) is 0. The maximum absolute atomic E-state index is 5.54. The Balaban J connectivity index is 1.50. The van der Waals surface area contributed by atoms with Crippen LogP contribution in [0.5, 0.6) is 5.75 Å². The molecule has 2 aliphatic heterocycles. The van der Waals surface area contributed by atoms with Crippen LogP contribution in [0.4, 0.5) is 5.69 Å². The summed E-state index contributed by atoms with van der Waals surface area (Å²) in [5.41, 5.74) is 6.79. The molecule has 1 aromatic rings. The minimum Gasteiger partial charge on any atom is -0.497 e. The maximum atomic E-state index is 5.54. The molecular weight excluding hydrogens is 268 g/mol. The number of hydrogen-bond acceptors (Lipinski definition) is 6. The zero-order valence-electron chi connectivity index (χ0n) is 12.4. The van der Waals surface area contributed by atoms with Gasteiger partial charge in [0.2, 0.25) is 0 Å². The third kappa shape index (κ3) is 3.39. The van der Waals surface area contributed by atoms with Gasteiger partial charge in [-0.3, -0.25) is 4.90 Å². The van der Waals surface area contributed by atoms with Gasteiger partial charge in [0.25, 0.3) is 6.02 Å². The zero-order valence-corrected chi connectivity index (χ0v) is 12.4. The van der Waals surface area contributed by atoms with Gasteiger partial charge in [0.1, 0.15) is 18.4 Å². The molecule has 0 amide bonds. The molecule has 1 saturated heterocycles. The molecule has 0 saturated carbocycles. The third-order valence-electron chi connectivity index (χ3n) is 4.01. The average Bonchev–Trinajstić information content (AvgIpc) is 2.93. The van der Waals surface area contributed by atoms with Crippen LogP contribution in [0.2, 0.25) is 0 Å². The van der Waals surface area contributed by atoms with E-state index in [1.165, 1.54) is 5.69 Å². The van der Waals surface area contributed by atoms with Gasteiger partial charge in [0.15, 0.2) is 0 Å². The summed E-state index contributed by atoms with van der Waals surface area (Å²) in [5.74, 6) is 0.897. The lowest BCUT2D eigenvalue weighted by Crippen LogP contribution is -2.48. The highest BCUT2D eigenvalue weighted by atomic mass is 16.5. The Labute approximate surface area is 125 Å². The molecule has 1 unspecified atom stereocenters. The molecular formula is C15H22N4O2. The minimum absolute atomic E-state index is 0.192. The summed E-state index contributed by atoms with van der Waals surface area (Å²) < 4.78 is 10.4. The van der Waals surface area contributed by atoms with Crippen LogP contribution in [0.25, 0.3) is 0 Å². The van der Waals surface area contributed by atoms with Crippen molar-refractivity contribution in [2.24, 2.45) is 10.7 Å². The number of piperazine rings is 1. The number of anilines is 1. The van der Waals surface area contributed by atoms with Crippen molar-refractivity contribution in [2.75, 3.05) is 51.3 Å². The predicted octanol–water partition coefficient (Wildman–Crippen LogP) is 0.531. The number of rotatable bonds is 4. The van der Waals surface area contributed by atoms with Crippen molar-refractivity contribution < 1.29 is 9.47 Å². The van der Waals surface area contributed by atoms with Crippen LogP contribution in [-0.2, 0) is 4.74 Å². The van der Waals surface area contributed by atoms with Gasteiger partial charge in [0.05, 0.1) is 7.11 Å². The van der Waals surface area contributed by atoms with Gasteiger partial charge < -0.3 is 20.1 Å². The number of methoxy groups -OCH3 is 1. The smallest absolute Gasteiger partial charge is 0.282 e. The number of nitrogens with two attached hydrogens (primary N) is 1. The molecule has 21 heavy (non-hydrogen) atoms. The van der Waals surface area contributed by atoms with Crippen molar-refractivity contribution >= 4 is 11.7 Å². The Morgan fingerprint density at radius 1 is 1.24 bits per heavy atom. The van der Waals surface area contributed by atoms with E-state index in [1.54, 1.807) is 7.11 Å². The molecule has 2 heterocycles. The van der Waals surface area contributed by atoms with Gasteiger partial charge >= 0.3 is 0 Å². The average molecular weight is 290 g/mol. The largest absolute Gasteiger partial charge is 0.497 e. The summed E-state index contributed by atoms with van der Waals surface area (Å²) in [7, 11) is 1.69. The SMILES string of the molecule is COc1ccc(N2CCN(CC3COC(N)=N3)CC2)cc1. The fraction of sp³-hybridized carbons (Fsp3) is 0.533. The van der Waals surface area contributed by atoms with E-state index in [1.807, 2.05) is 12.1 Å². The first-order chi connectivity index (χ1) is 10.2. The first-order valence-electron chi connectivity index (χ1n) is 7.32. The van der Waals surface area contributed by atoms with Crippen LogP contribution in [0.15, 0.2) is 29.3 Å². The van der Waals surface area contributed by atoms with E-state index >= 15 is 0 Å². The van der Waals surface area contributed by atoms with E-state index in [0.29, 0.717) is 12.6 Å². The van der Waals surface area contributed by atoms with E-state index < -0.39 is 0 Å². The van der Waals surface area contributed by atoms with Crippen molar-refractivity contribution in [3.05, 3.63) is 24.3 Å². The molecule has 6 nitrogen and oxygen atoms in total. The Hall–Kier alpha value is -1.95. The summed E-state index contributed by atoms with van der Waals surface area (Å²) in [4.78, 5) is 9.11. The van der Waals surface area contributed by atoms with Crippen LogP contribution in [0, 0.1) is 0 Å². The minimum atomic E-state index is 0.192. The van der Waals surface area contributed by atoms with Gasteiger partial charge in [0, 0.05) is 38.4 Å². The van der Waals surface area contributed by atoms with Gasteiger partial charge in [-0.15, -0.1) is 0 Å². The van der Waals surface area contributed by atoms with Gasteiger partial charge in [-0.05, 0) is 24.3 Å². The van der Waals surface area contributed by atoms with E-state index in [-0.39, 0.29) is 6.04 Å². The second-order valence-corrected chi connectivity index (χ2v) is 5.42. The van der Waals surface area contributed by atoms with Crippen LogP contribution < -0.4 is 15.4 Å². The topological polar surface area (TPSA) is 63.3 Å². The first-order valence-corrected chi connectivity index (χ1v) is 7.32. The summed E-state index contributed by atoms with van der Waals surface area (Å²) >= 11 is 0. The standard InChI is InChI=1S/C15H22N4O2/c1-20-14-4-2-13(3-5-14)19-8-6-18(7-9-19)10-12-11-21-15(16)17-12/h2-5,12H,6-11H2,1H3,(H2,16,17). The molecule has 0 spiro atoms. The molecule has 1 fully saturated rings. The van der Waals surface area contributed by atoms with E-state index in [9.17, 15) is 0 Å². The van der Waals surface area contributed by atoms with Crippen molar-refractivity contribution in [3.63, 3.8) is 0 Å². The van der Waals surface area contributed by atoms with Crippen LogP contribution in [-0.4, -0.2) is 63.4 Å². The molecule has 0 radical (unpaired) electrons. The molecule has 0 aromatic heterocycles. The molecule has 2 aliphatic rings. The van der Waals surface area contributed by atoms with Crippen LogP contribution in [0.1, 0.15) is 0 Å². The molecule has 0 aliphatic carbocycles. The molecule has 1 aromatic carbocycles. The Kier molecular flexibility index (Phi) is 4.15. The fourth-order valence-corrected chi connectivity index (χ4v) is 2.81. The fourth-order valence-electron chi connectivity index (χ4n) is 2.81. The quantitative estimate of drug-likeness (QED) is 0.876. The van der Waals surface area contributed by atoms with Crippen molar-refractivity contribution in [1.29, 1.82) is 0 Å². The lowest BCUT2D eigenvalue weighted by atomic mass is 10.2. The molecule has 3 rings (SSSR count). The normalized spacial score (nSPS) is 22.8. The Morgan fingerprint density at radius 2 is 1.95 bits per heavy atom. The number of benzene rings is 1. The molecule has 114 valence electrons. The Morgan fingerprint density at radius 3 is 2.52 bits per heavy atom. The van der Waals surface area contributed by atoms with Crippen LogP contribution in [0.3, 0.4) is 0 Å². The van der Waals surface area contributed by atoms with Gasteiger partial charge in [-0.25, -0.2) is 4.99 Å². The molecule has 0 bridgehead atoms. The van der Waals surface area contributed by atoms with Crippen molar-refractivity contribution in [3.8, 4) is 5.75 Å². The van der Waals surface area contributed by atoms with Gasteiger partial charge in [-0.1, -0.05) is 0 Å². The summed E-state index contributed by atoms with van der Waals surface area (Å²) in [5, 5.41) is 0. The van der Waals surface area contributed by atoms with Crippen molar-refractivity contribution in [2.45, 2.75) is 6.04 Å². The molecule has 1 atom stereocenters. The number of amidine groups is 1. The maximum Gasteiger partial charge on any atom is 0.282 e. The van der Waals surface area contributed by atoms with Crippen LogP contribution >= 0.6 is 0 Å². The number of ether oxygens (including phenoxy) is 2. The van der Waals surface area contributed by atoms with E-state index in [2.05, 4.69) is 26.9 Å². The van der Waals surface area contributed by atoms with E-state index in [4.69, 9.17) is 15.2 Å². The zero-order chi connectivity index (χ0) is 14.7. The monoisotopic (exact) mass is 290 g/mol. The summed E-state index contributed by atoms with van der Waals surface area (Å²) in [6.45, 7) is 5.68. The first kappa shape index (κ1) is 14.0. The third-order valence-corrected chi connectivity index (χ3v) is 4.01. The van der Waals surface area contributed by atoms with E-state index in [0.717, 1.165) is 38.5 Å². The molecule has 6 heteroatoms. The highest BCUT2D eigenvalue weighted by Crippen LogP contribution is 2.20. The second kappa shape index (κ2) is 6.22. The lowest BCUT2D eigenvalue weighted by Gasteiger charge is -2.36.